The van der Waals surface area contributed by atoms with Gasteiger partial charge in [0.15, 0.2) is 12.4 Å². The van der Waals surface area contributed by atoms with Crippen molar-refractivity contribution in [3.05, 3.63) is 33.3 Å². The summed E-state index contributed by atoms with van der Waals surface area (Å²) in [6.07, 6.45) is 4.80. The molecule has 5 nitrogen and oxygen atoms in total. The van der Waals surface area contributed by atoms with E-state index in [4.69, 9.17) is 32.7 Å². The summed E-state index contributed by atoms with van der Waals surface area (Å²) in [5.41, 5.74) is 2.77. The normalized spacial score (nSPS) is 20.6. The van der Waals surface area contributed by atoms with E-state index in [9.17, 15) is 9.59 Å². The van der Waals surface area contributed by atoms with Crippen LogP contribution in [0.15, 0.2) is 12.1 Å². The number of carbonyl (C=O) groups excluding carboxylic acids is 2. The summed E-state index contributed by atoms with van der Waals surface area (Å²) >= 11 is 13.0. The average molecular weight is 426 g/mol. The first-order valence-electron chi connectivity index (χ1n) is 9.47. The van der Waals surface area contributed by atoms with E-state index in [0.29, 0.717) is 30.3 Å². The van der Waals surface area contributed by atoms with Crippen LogP contribution in [-0.4, -0.2) is 50.5 Å². The van der Waals surface area contributed by atoms with E-state index in [1.54, 1.807) is 6.08 Å². The summed E-state index contributed by atoms with van der Waals surface area (Å²) in [5, 5.41) is 0.638. The molecule has 0 amide bonds. The molecule has 0 heterocycles. The number of hydrogen-bond donors (Lipinski definition) is 0. The molecular weight excluding hydrogens is 401 g/mol. The highest BCUT2D eigenvalue weighted by molar-refractivity contribution is 6.44. The fraction of sp³-hybridized carbons (Fsp3) is 0.524. The number of allylic oxidation sites excluding steroid dienone is 2. The zero-order valence-corrected chi connectivity index (χ0v) is 18.0. The van der Waals surface area contributed by atoms with Crippen molar-refractivity contribution in [1.82, 2.24) is 4.90 Å². The Labute approximate surface area is 175 Å². The second-order valence-corrected chi connectivity index (χ2v) is 8.44. The third kappa shape index (κ3) is 4.07. The van der Waals surface area contributed by atoms with Crippen LogP contribution < -0.4 is 4.74 Å². The predicted octanol–water partition coefficient (Wildman–Crippen LogP) is 4.18. The topological polar surface area (TPSA) is 55.8 Å². The molecule has 1 aromatic rings. The van der Waals surface area contributed by atoms with E-state index >= 15 is 0 Å². The number of esters is 1. The highest BCUT2D eigenvalue weighted by Crippen LogP contribution is 2.57. The molecule has 0 aliphatic heterocycles. The van der Waals surface area contributed by atoms with Gasteiger partial charge in [0.25, 0.3) is 0 Å². The van der Waals surface area contributed by atoms with Gasteiger partial charge in [0, 0.05) is 23.9 Å². The first-order chi connectivity index (χ1) is 13.3. The Balaban J connectivity index is 1.80. The van der Waals surface area contributed by atoms with Crippen molar-refractivity contribution in [2.24, 2.45) is 5.41 Å². The average Bonchev–Trinajstić information content (AvgIpc) is 2.97. The molecule has 1 atom stereocenters. The summed E-state index contributed by atoms with van der Waals surface area (Å²) in [6, 6.07) is 1.84. The Bertz CT molecular complexity index is 834. The van der Waals surface area contributed by atoms with Gasteiger partial charge in [-0.2, -0.15) is 0 Å². The van der Waals surface area contributed by atoms with Gasteiger partial charge in [-0.15, -0.1) is 0 Å². The van der Waals surface area contributed by atoms with Crippen molar-refractivity contribution < 1.29 is 19.1 Å². The van der Waals surface area contributed by atoms with Gasteiger partial charge in [0.2, 0.25) is 0 Å². The lowest BCUT2D eigenvalue weighted by Crippen LogP contribution is -2.24. The van der Waals surface area contributed by atoms with Crippen LogP contribution >= 0.6 is 23.2 Å². The number of halogens is 2. The largest absolute Gasteiger partial charge is 0.480 e. The number of benzene rings is 1. The molecule has 28 heavy (non-hydrogen) atoms. The maximum Gasteiger partial charge on any atom is 0.344 e. The molecule has 0 fully saturated rings. The highest BCUT2D eigenvalue weighted by atomic mass is 35.5. The number of carbonyl (C=O) groups is 2. The number of rotatable bonds is 7. The molecule has 3 rings (SSSR count). The molecule has 2 aliphatic rings. The second kappa shape index (κ2) is 8.44. The number of nitrogens with zero attached hydrogens (tertiary/aromatic N) is 1. The first-order valence-corrected chi connectivity index (χ1v) is 10.2. The molecular formula is C21H25Cl2NO4. The lowest BCUT2D eigenvalue weighted by molar-refractivity contribution is -0.146. The zero-order chi connectivity index (χ0) is 20.5. The minimum Gasteiger partial charge on any atom is -0.480 e. The van der Waals surface area contributed by atoms with E-state index in [-0.39, 0.29) is 22.8 Å². The van der Waals surface area contributed by atoms with Crippen LogP contribution in [0.5, 0.6) is 5.75 Å². The molecule has 2 aliphatic carbocycles. The third-order valence-electron chi connectivity index (χ3n) is 5.60. The molecule has 152 valence electrons. The fourth-order valence-corrected chi connectivity index (χ4v) is 4.49. The Morgan fingerprint density at radius 3 is 2.71 bits per heavy atom. The van der Waals surface area contributed by atoms with Crippen LogP contribution in [0.2, 0.25) is 10.0 Å². The van der Waals surface area contributed by atoms with Gasteiger partial charge in [-0.3, -0.25) is 4.79 Å². The van der Waals surface area contributed by atoms with Gasteiger partial charge in [0.1, 0.15) is 17.4 Å². The maximum atomic E-state index is 12.0. The van der Waals surface area contributed by atoms with Crippen LogP contribution in [0.1, 0.15) is 37.3 Å². The van der Waals surface area contributed by atoms with Gasteiger partial charge >= 0.3 is 5.97 Å². The molecule has 0 saturated heterocycles. The minimum absolute atomic E-state index is 0.0764. The van der Waals surface area contributed by atoms with E-state index < -0.39 is 5.97 Å². The van der Waals surface area contributed by atoms with Crippen molar-refractivity contribution in [2.45, 2.75) is 32.6 Å². The predicted molar refractivity (Wildman–Crippen MR) is 110 cm³/mol. The molecule has 7 heteroatoms. The summed E-state index contributed by atoms with van der Waals surface area (Å²) in [4.78, 5) is 25.8. The number of hydrogen-bond acceptors (Lipinski definition) is 5. The van der Waals surface area contributed by atoms with Crippen molar-refractivity contribution >= 4 is 40.5 Å². The monoisotopic (exact) mass is 425 g/mol. The molecule has 1 aromatic carbocycles. The van der Waals surface area contributed by atoms with Crippen LogP contribution in [0, 0.1) is 5.41 Å². The van der Waals surface area contributed by atoms with Crippen molar-refractivity contribution in [1.29, 1.82) is 0 Å². The maximum absolute atomic E-state index is 12.0. The van der Waals surface area contributed by atoms with Crippen molar-refractivity contribution in [3.63, 3.8) is 0 Å². The number of fused-ring (bicyclic) bond motifs is 3. The van der Waals surface area contributed by atoms with E-state index in [0.717, 1.165) is 36.0 Å². The molecule has 0 spiro atoms. The van der Waals surface area contributed by atoms with Crippen LogP contribution in [0.4, 0.5) is 0 Å². The summed E-state index contributed by atoms with van der Waals surface area (Å²) < 4.78 is 10.7. The van der Waals surface area contributed by atoms with E-state index in [2.05, 4.69) is 6.92 Å². The van der Waals surface area contributed by atoms with Gasteiger partial charge in [-0.05, 0) is 56.6 Å². The van der Waals surface area contributed by atoms with Gasteiger partial charge in [-0.1, -0.05) is 30.1 Å². The SMILES string of the molecule is CCC12CCC(=O)C=C1c1c(cc(OCC(=O)OCCN(C)C)c(Cl)c1Cl)C2. The second-order valence-electron chi connectivity index (χ2n) is 7.68. The lowest BCUT2D eigenvalue weighted by atomic mass is 9.71. The number of likely N-dealkylation sites (N-methyl/N-ethyl adjacent to an activating group) is 1. The van der Waals surface area contributed by atoms with Crippen molar-refractivity contribution in [2.75, 3.05) is 33.9 Å². The number of ether oxygens (including phenoxy) is 2. The van der Waals surface area contributed by atoms with Gasteiger partial charge in [0.05, 0.1) is 5.02 Å². The Kier molecular flexibility index (Phi) is 6.37. The lowest BCUT2D eigenvalue weighted by Gasteiger charge is -2.32. The molecule has 0 radical (unpaired) electrons. The standard InChI is InChI=1S/C21H25Cl2NO4/c1-4-21-6-5-14(25)10-15(21)18-13(11-21)9-16(19(22)20(18)23)28-12-17(26)27-8-7-24(2)3/h9-10H,4-8,11-12H2,1-3H3. The Morgan fingerprint density at radius 2 is 2.04 bits per heavy atom. The smallest absolute Gasteiger partial charge is 0.344 e. The van der Waals surface area contributed by atoms with Gasteiger partial charge < -0.3 is 14.4 Å². The quantitative estimate of drug-likeness (QED) is 0.613. The van der Waals surface area contributed by atoms with Crippen LogP contribution in [-0.2, 0) is 20.7 Å². The van der Waals surface area contributed by atoms with E-state index in [1.165, 1.54) is 0 Å². The summed E-state index contributed by atoms with van der Waals surface area (Å²) in [7, 11) is 3.81. The van der Waals surface area contributed by atoms with Gasteiger partial charge in [-0.25, -0.2) is 4.79 Å². The Morgan fingerprint density at radius 1 is 1.29 bits per heavy atom. The van der Waals surface area contributed by atoms with E-state index in [1.807, 2.05) is 25.1 Å². The first kappa shape index (κ1) is 21.2. The van der Waals surface area contributed by atoms with Crippen molar-refractivity contribution in [3.8, 4) is 5.75 Å². The molecule has 1 unspecified atom stereocenters. The molecule has 0 saturated carbocycles. The van der Waals surface area contributed by atoms with Crippen LogP contribution in [0.3, 0.4) is 0 Å². The molecule has 0 bridgehead atoms. The summed E-state index contributed by atoms with van der Waals surface area (Å²) in [5.74, 6) is 0.0354. The Hall–Kier alpha value is -1.56. The molecule has 0 N–H and O–H groups in total. The third-order valence-corrected chi connectivity index (χ3v) is 6.45. The highest BCUT2D eigenvalue weighted by Gasteiger charge is 2.44. The zero-order valence-electron chi connectivity index (χ0n) is 16.4. The molecule has 0 aromatic heterocycles. The minimum atomic E-state index is -0.457. The van der Waals surface area contributed by atoms with Crippen LogP contribution in [0.25, 0.3) is 5.57 Å². The number of ketones is 1. The fourth-order valence-electron chi connectivity index (χ4n) is 3.97. The summed E-state index contributed by atoms with van der Waals surface area (Å²) in [6.45, 7) is 2.84.